The van der Waals surface area contributed by atoms with Crippen LogP contribution in [0, 0.1) is 18.8 Å². The number of furan rings is 1. The van der Waals surface area contributed by atoms with Crippen LogP contribution in [0.5, 0.6) is 5.75 Å². The minimum absolute atomic E-state index is 0.121. The second-order valence-corrected chi connectivity index (χ2v) is 7.66. The lowest BCUT2D eigenvalue weighted by molar-refractivity contribution is -0.125. The zero-order valence-electron chi connectivity index (χ0n) is 17.0. The van der Waals surface area contributed by atoms with E-state index >= 15 is 0 Å². The molecule has 0 saturated heterocycles. The Morgan fingerprint density at radius 3 is 2.79 bits per heavy atom. The highest BCUT2D eigenvalue weighted by molar-refractivity contribution is 5.97. The first kappa shape index (κ1) is 20.2. The van der Waals surface area contributed by atoms with E-state index in [4.69, 9.17) is 13.9 Å². The maximum atomic E-state index is 12.4. The van der Waals surface area contributed by atoms with Gasteiger partial charge in [0.1, 0.15) is 11.3 Å². The van der Waals surface area contributed by atoms with Crippen LogP contribution >= 0.6 is 0 Å². The number of carbonyl (C=O) groups excluding carboxylic acids is 2. The fraction of sp³-hybridized carbons (Fsp3) is 0.545. The number of fused-ring (bicyclic) bond motifs is 1. The molecule has 1 fully saturated rings. The molecule has 6 nitrogen and oxygen atoms in total. The molecule has 0 radical (unpaired) electrons. The second-order valence-electron chi connectivity index (χ2n) is 7.66. The quantitative estimate of drug-likeness (QED) is 0.750. The summed E-state index contributed by atoms with van der Waals surface area (Å²) in [5, 5.41) is 3.80. The zero-order chi connectivity index (χ0) is 20.3. The first-order chi connectivity index (χ1) is 13.4. The summed E-state index contributed by atoms with van der Waals surface area (Å²) >= 11 is 0. The number of hydrogen-bond acceptors (Lipinski definition) is 5. The van der Waals surface area contributed by atoms with E-state index in [-0.39, 0.29) is 24.3 Å². The van der Waals surface area contributed by atoms with Gasteiger partial charge in [-0.25, -0.2) is 4.79 Å². The Morgan fingerprint density at radius 1 is 1.25 bits per heavy atom. The van der Waals surface area contributed by atoms with Gasteiger partial charge in [0, 0.05) is 17.0 Å². The fourth-order valence-corrected chi connectivity index (χ4v) is 3.88. The largest absolute Gasteiger partial charge is 0.494 e. The third-order valence-corrected chi connectivity index (χ3v) is 5.79. The number of carbonyl (C=O) groups is 2. The molecule has 3 rings (SSSR count). The van der Waals surface area contributed by atoms with Crippen LogP contribution in [-0.2, 0) is 9.53 Å². The van der Waals surface area contributed by atoms with E-state index in [1.807, 2.05) is 13.0 Å². The molecule has 1 amide bonds. The van der Waals surface area contributed by atoms with Gasteiger partial charge in [0.2, 0.25) is 5.76 Å². The summed E-state index contributed by atoms with van der Waals surface area (Å²) in [6.07, 6.45) is 3.27. The molecule has 28 heavy (non-hydrogen) atoms. The Kier molecular flexibility index (Phi) is 6.27. The van der Waals surface area contributed by atoms with Crippen LogP contribution in [-0.4, -0.2) is 31.1 Å². The van der Waals surface area contributed by atoms with Crippen LogP contribution in [0.3, 0.4) is 0 Å². The van der Waals surface area contributed by atoms with Crippen LogP contribution in [0.2, 0.25) is 0 Å². The molecule has 0 bridgehead atoms. The molecule has 1 heterocycles. The van der Waals surface area contributed by atoms with E-state index < -0.39 is 5.97 Å². The lowest BCUT2D eigenvalue weighted by atomic mass is 9.78. The average Bonchev–Trinajstić information content (AvgIpc) is 3.00. The molecule has 1 aromatic carbocycles. The standard InChI is InChI=1S/C22H29NO5/c1-5-26-16-9-10-19-17(11-16)15(4)21(28-19)22(25)27-12-20(24)23-18-8-6-7-13(2)14(18)3/h9-11,13-14,18H,5-8,12H2,1-4H3,(H,23,24)/t13-,14+,18+/m1/s1. The average molecular weight is 387 g/mol. The van der Waals surface area contributed by atoms with Crippen LogP contribution in [0.1, 0.15) is 56.2 Å². The summed E-state index contributed by atoms with van der Waals surface area (Å²) in [6.45, 7) is 8.33. The van der Waals surface area contributed by atoms with E-state index in [1.165, 1.54) is 6.42 Å². The van der Waals surface area contributed by atoms with Gasteiger partial charge in [-0.1, -0.05) is 26.7 Å². The Labute approximate surface area is 165 Å². The number of aryl methyl sites for hydroxylation is 1. The van der Waals surface area contributed by atoms with Gasteiger partial charge < -0.3 is 19.2 Å². The fourth-order valence-electron chi connectivity index (χ4n) is 3.88. The molecule has 3 atom stereocenters. The minimum Gasteiger partial charge on any atom is -0.494 e. The van der Waals surface area contributed by atoms with Gasteiger partial charge in [0.05, 0.1) is 6.61 Å². The number of amides is 1. The number of hydrogen-bond donors (Lipinski definition) is 1. The SMILES string of the molecule is CCOc1ccc2oc(C(=O)OCC(=O)N[C@H]3CCC[C@@H](C)[C@@H]3C)c(C)c2c1. The molecule has 1 aliphatic rings. The topological polar surface area (TPSA) is 77.8 Å². The molecule has 1 aromatic heterocycles. The molecule has 0 aliphatic heterocycles. The van der Waals surface area contributed by atoms with Crippen molar-refractivity contribution in [3.63, 3.8) is 0 Å². The highest BCUT2D eigenvalue weighted by Crippen LogP contribution is 2.30. The maximum Gasteiger partial charge on any atom is 0.375 e. The minimum atomic E-state index is -0.633. The molecular weight excluding hydrogens is 358 g/mol. The first-order valence-corrected chi connectivity index (χ1v) is 10.0. The van der Waals surface area contributed by atoms with Gasteiger partial charge in [0.15, 0.2) is 6.61 Å². The predicted molar refractivity (Wildman–Crippen MR) is 107 cm³/mol. The summed E-state index contributed by atoms with van der Waals surface area (Å²) in [5.41, 5.74) is 1.26. The highest BCUT2D eigenvalue weighted by Gasteiger charge is 2.28. The van der Waals surface area contributed by atoms with Crippen molar-refractivity contribution in [2.75, 3.05) is 13.2 Å². The number of rotatable bonds is 6. The van der Waals surface area contributed by atoms with Gasteiger partial charge in [-0.3, -0.25) is 4.79 Å². The third kappa shape index (κ3) is 4.32. The van der Waals surface area contributed by atoms with E-state index in [9.17, 15) is 9.59 Å². The van der Waals surface area contributed by atoms with Gasteiger partial charge in [-0.2, -0.15) is 0 Å². The van der Waals surface area contributed by atoms with E-state index in [2.05, 4.69) is 19.2 Å². The molecule has 1 N–H and O–H groups in total. The summed E-state index contributed by atoms with van der Waals surface area (Å²) < 4.78 is 16.3. The van der Waals surface area contributed by atoms with Gasteiger partial charge in [0.25, 0.3) is 5.91 Å². The van der Waals surface area contributed by atoms with Crippen LogP contribution in [0.4, 0.5) is 0 Å². The molecule has 1 saturated carbocycles. The van der Waals surface area contributed by atoms with Crippen molar-refractivity contribution in [1.29, 1.82) is 0 Å². The number of benzene rings is 1. The lowest BCUT2D eigenvalue weighted by Gasteiger charge is -2.34. The molecular formula is C22H29NO5. The molecule has 0 unspecified atom stereocenters. The molecule has 2 aromatic rings. The maximum absolute atomic E-state index is 12.4. The Balaban J connectivity index is 1.61. The van der Waals surface area contributed by atoms with Crippen LogP contribution in [0.25, 0.3) is 11.0 Å². The lowest BCUT2D eigenvalue weighted by Crippen LogP contribution is -2.45. The Hall–Kier alpha value is -2.50. The van der Waals surface area contributed by atoms with Gasteiger partial charge >= 0.3 is 5.97 Å². The summed E-state index contributed by atoms with van der Waals surface area (Å²) in [4.78, 5) is 24.7. The third-order valence-electron chi connectivity index (χ3n) is 5.79. The monoisotopic (exact) mass is 387 g/mol. The predicted octanol–water partition coefficient (Wildman–Crippen LogP) is 4.24. The Bertz CT molecular complexity index is 856. The van der Waals surface area contributed by atoms with E-state index in [1.54, 1.807) is 19.1 Å². The van der Waals surface area contributed by atoms with Crippen LogP contribution in [0.15, 0.2) is 22.6 Å². The van der Waals surface area contributed by atoms with Crippen molar-refractivity contribution < 1.29 is 23.5 Å². The van der Waals surface area contributed by atoms with Gasteiger partial charge in [-0.15, -0.1) is 0 Å². The molecule has 6 heteroatoms. The summed E-state index contributed by atoms with van der Waals surface area (Å²) in [6, 6.07) is 5.54. The van der Waals surface area contributed by atoms with Crippen LogP contribution < -0.4 is 10.1 Å². The second kappa shape index (κ2) is 8.67. The van der Waals surface area contributed by atoms with Crippen molar-refractivity contribution in [3.05, 3.63) is 29.5 Å². The molecule has 1 aliphatic carbocycles. The number of esters is 1. The number of ether oxygens (including phenoxy) is 2. The normalized spacial score (nSPS) is 22.1. The summed E-state index contributed by atoms with van der Waals surface area (Å²) in [5.74, 6) is 0.940. The smallest absolute Gasteiger partial charge is 0.375 e. The van der Waals surface area contributed by atoms with E-state index in [0.29, 0.717) is 35.3 Å². The van der Waals surface area contributed by atoms with Gasteiger partial charge in [-0.05, 0) is 50.3 Å². The van der Waals surface area contributed by atoms with Crippen molar-refractivity contribution >= 4 is 22.8 Å². The first-order valence-electron chi connectivity index (χ1n) is 10.0. The Morgan fingerprint density at radius 2 is 2.04 bits per heavy atom. The zero-order valence-corrected chi connectivity index (χ0v) is 17.0. The van der Waals surface area contributed by atoms with Crippen molar-refractivity contribution in [3.8, 4) is 5.75 Å². The van der Waals surface area contributed by atoms with Crippen molar-refractivity contribution in [2.24, 2.45) is 11.8 Å². The van der Waals surface area contributed by atoms with Crippen molar-refractivity contribution in [1.82, 2.24) is 5.32 Å². The highest BCUT2D eigenvalue weighted by atomic mass is 16.5. The van der Waals surface area contributed by atoms with Crippen molar-refractivity contribution in [2.45, 2.75) is 53.0 Å². The summed E-state index contributed by atoms with van der Waals surface area (Å²) in [7, 11) is 0. The molecule has 0 spiro atoms. The molecule has 152 valence electrons. The van der Waals surface area contributed by atoms with E-state index in [0.717, 1.165) is 18.2 Å². The number of nitrogens with one attached hydrogen (secondary N) is 1.